The van der Waals surface area contributed by atoms with Crippen molar-refractivity contribution in [1.82, 2.24) is 4.90 Å². The standard InChI is InChI=1S/C23H19ClN2O3/c1-13-16-4-2-3-5-19(16)29-21(13)23(28)26-10-8-14(9-11-26)20-17-7-6-15(24)12-18(17)25-22(20)27/h2-7,12H,8-11H2,1H3,(H,25,27). The Hall–Kier alpha value is -3.05. The van der Waals surface area contributed by atoms with E-state index in [0.29, 0.717) is 36.7 Å². The number of carbonyl (C=O) groups excluding carboxylic acids is 2. The first-order valence-electron chi connectivity index (χ1n) is 9.63. The van der Waals surface area contributed by atoms with E-state index in [0.717, 1.165) is 38.9 Å². The highest BCUT2D eigenvalue weighted by Crippen LogP contribution is 2.38. The van der Waals surface area contributed by atoms with Crippen molar-refractivity contribution in [3.63, 3.8) is 0 Å². The predicted molar refractivity (Wildman–Crippen MR) is 113 cm³/mol. The fourth-order valence-corrected chi connectivity index (χ4v) is 4.42. The number of halogens is 1. The first kappa shape index (κ1) is 18.0. The minimum absolute atomic E-state index is 0.0918. The maximum absolute atomic E-state index is 13.0. The van der Waals surface area contributed by atoms with Gasteiger partial charge in [-0.25, -0.2) is 0 Å². The fourth-order valence-electron chi connectivity index (χ4n) is 4.25. The number of para-hydroxylation sites is 1. The number of anilines is 1. The zero-order valence-electron chi connectivity index (χ0n) is 15.9. The zero-order valence-corrected chi connectivity index (χ0v) is 16.7. The van der Waals surface area contributed by atoms with E-state index in [1.165, 1.54) is 0 Å². The molecule has 2 aliphatic rings. The minimum Gasteiger partial charge on any atom is -0.451 e. The van der Waals surface area contributed by atoms with Gasteiger partial charge in [0, 0.05) is 40.2 Å². The van der Waals surface area contributed by atoms with Crippen LogP contribution in [-0.4, -0.2) is 29.8 Å². The quantitative estimate of drug-likeness (QED) is 0.576. The third-order valence-corrected chi connectivity index (χ3v) is 6.01. The number of furan rings is 1. The number of fused-ring (bicyclic) bond motifs is 2. The number of likely N-dealkylation sites (tertiary alicyclic amines) is 1. The molecule has 5 nitrogen and oxygen atoms in total. The molecule has 0 unspecified atom stereocenters. The lowest BCUT2D eigenvalue weighted by molar-refractivity contribution is -0.110. The number of benzene rings is 2. The number of carbonyl (C=O) groups is 2. The molecule has 146 valence electrons. The topological polar surface area (TPSA) is 62.6 Å². The smallest absolute Gasteiger partial charge is 0.289 e. The molecule has 2 aromatic carbocycles. The largest absolute Gasteiger partial charge is 0.451 e. The molecule has 0 saturated carbocycles. The van der Waals surface area contributed by atoms with Crippen LogP contribution in [-0.2, 0) is 4.79 Å². The molecule has 0 spiro atoms. The average molecular weight is 407 g/mol. The molecule has 0 atom stereocenters. The van der Waals surface area contributed by atoms with Crippen molar-refractivity contribution in [2.75, 3.05) is 18.4 Å². The number of hydrogen-bond acceptors (Lipinski definition) is 3. The molecule has 1 aromatic heterocycles. The second kappa shape index (κ2) is 6.78. The van der Waals surface area contributed by atoms with E-state index in [2.05, 4.69) is 5.32 Å². The van der Waals surface area contributed by atoms with Gasteiger partial charge in [-0.15, -0.1) is 0 Å². The molecule has 1 fully saturated rings. The molecule has 1 N–H and O–H groups in total. The maximum Gasteiger partial charge on any atom is 0.289 e. The van der Waals surface area contributed by atoms with Gasteiger partial charge >= 0.3 is 0 Å². The van der Waals surface area contributed by atoms with Gasteiger partial charge in [0.15, 0.2) is 5.76 Å². The molecule has 3 aromatic rings. The van der Waals surface area contributed by atoms with Crippen molar-refractivity contribution in [2.24, 2.45) is 0 Å². The lowest BCUT2D eigenvalue weighted by atomic mass is 9.93. The van der Waals surface area contributed by atoms with Gasteiger partial charge in [-0.2, -0.15) is 0 Å². The van der Waals surface area contributed by atoms with Crippen molar-refractivity contribution in [2.45, 2.75) is 19.8 Å². The predicted octanol–water partition coefficient (Wildman–Crippen LogP) is 5.04. The molecule has 0 bridgehead atoms. The maximum atomic E-state index is 13.0. The fraction of sp³-hybridized carbons (Fsp3) is 0.217. The Morgan fingerprint density at radius 1 is 1.14 bits per heavy atom. The Bertz CT molecular complexity index is 1200. The number of rotatable bonds is 1. The summed E-state index contributed by atoms with van der Waals surface area (Å²) >= 11 is 6.04. The van der Waals surface area contributed by atoms with E-state index in [4.69, 9.17) is 16.0 Å². The van der Waals surface area contributed by atoms with Gasteiger partial charge < -0.3 is 14.6 Å². The summed E-state index contributed by atoms with van der Waals surface area (Å²) in [5.41, 5.74) is 5.04. The van der Waals surface area contributed by atoms with Gasteiger partial charge in [0.05, 0.1) is 5.69 Å². The van der Waals surface area contributed by atoms with E-state index >= 15 is 0 Å². The summed E-state index contributed by atoms with van der Waals surface area (Å²) < 4.78 is 5.84. The van der Waals surface area contributed by atoms with E-state index in [1.54, 1.807) is 12.1 Å². The van der Waals surface area contributed by atoms with Crippen molar-refractivity contribution < 1.29 is 14.0 Å². The summed E-state index contributed by atoms with van der Waals surface area (Å²) in [5, 5.41) is 4.45. The SMILES string of the molecule is Cc1c(C(=O)N2CCC(=C3C(=O)Nc4cc(Cl)ccc43)CC2)oc2ccccc12. The van der Waals surface area contributed by atoms with Crippen LogP contribution < -0.4 is 5.32 Å². The van der Waals surface area contributed by atoms with E-state index in [1.807, 2.05) is 42.2 Å². The van der Waals surface area contributed by atoms with Gasteiger partial charge in [-0.1, -0.05) is 41.4 Å². The molecule has 0 aliphatic carbocycles. The molecular weight excluding hydrogens is 388 g/mol. The molecule has 29 heavy (non-hydrogen) atoms. The molecule has 2 aliphatic heterocycles. The van der Waals surface area contributed by atoms with Crippen LogP contribution in [0.25, 0.3) is 16.5 Å². The average Bonchev–Trinajstić information content (AvgIpc) is 3.23. The lowest BCUT2D eigenvalue weighted by Gasteiger charge is -2.28. The molecule has 3 heterocycles. The van der Waals surface area contributed by atoms with Crippen LogP contribution in [0.1, 0.15) is 34.5 Å². The van der Waals surface area contributed by atoms with Gasteiger partial charge in [0.1, 0.15) is 5.58 Å². The van der Waals surface area contributed by atoms with E-state index in [9.17, 15) is 9.59 Å². The lowest BCUT2D eigenvalue weighted by Crippen LogP contribution is -2.36. The van der Waals surface area contributed by atoms with Crippen LogP contribution in [0.5, 0.6) is 0 Å². The Kier molecular flexibility index (Phi) is 4.21. The molecular formula is C23H19ClN2O3. The molecule has 6 heteroatoms. The third-order valence-electron chi connectivity index (χ3n) is 5.77. The summed E-state index contributed by atoms with van der Waals surface area (Å²) in [6.07, 6.45) is 1.33. The Morgan fingerprint density at radius 2 is 1.90 bits per heavy atom. The summed E-state index contributed by atoms with van der Waals surface area (Å²) in [4.78, 5) is 27.4. The minimum atomic E-state index is -0.0924. The molecule has 5 rings (SSSR count). The van der Waals surface area contributed by atoms with E-state index in [-0.39, 0.29) is 11.8 Å². The normalized spacial score (nSPS) is 16.3. The second-order valence-electron chi connectivity index (χ2n) is 7.47. The number of nitrogens with zero attached hydrogens (tertiary/aromatic N) is 1. The van der Waals surface area contributed by atoms with Gasteiger partial charge in [-0.3, -0.25) is 9.59 Å². The number of hydrogen-bond donors (Lipinski definition) is 1. The Balaban J connectivity index is 1.39. The van der Waals surface area contributed by atoms with Crippen LogP contribution in [0.3, 0.4) is 0 Å². The second-order valence-corrected chi connectivity index (χ2v) is 7.90. The molecule has 1 saturated heterocycles. The molecule has 0 radical (unpaired) electrons. The highest BCUT2D eigenvalue weighted by molar-refractivity contribution is 6.34. The Morgan fingerprint density at radius 3 is 2.66 bits per heavy atom. The van der Waals surface area contributed by atoms with E-state index < -0.39 is 0 Å². The molecule has 2 amide bonds. The van der Waals surface area contributed by atoms with Crippen LogP contribution in [0.2, 0.25) is 5.02 Å². The first-order valence-corrected chi connectivity index (χ1v) is 10.0. The number of piperidine rings is 1. The summed E-state index contributed by atoms with van der Waals surface area (Å²) in [6.45, 7) is 3.04. The monoisotopic (exact) mass is 406 g/mol. The summed E-state index contributed by atoms with van der Waals surface area (Å²) in [6, 6.07) is 13.1. The van der Waals surface area contributed by atoms with Gasteiger partial charge in [-0.05, 0) is 38.0 Å². The van der Waals surface area contributed by atoms with Crippen molar-refractivity contribution in [1.29, 1.82) is 0 Å². The highest BCUT2D eigenvalue weighted by Gasteiger charge is 2.31. The van der Waals surface area contributed by atoms with Crippen LogP contribution in [0.15, 0.2) is 52.5 Å². The summed E-state index contributed by atoms with van der Waals surface area (Å²) in [7, 11) is 0. The van der Waals surface area contributed by atoms with Crippen LogP contribution in [0, 0.1) is 6.92 Å². The van der Waals surface area contributed by atoms with Crippen molar-refractivity contribution >= 4 is 45.6 Å². The highest BCUT2D eigenvalue weighted by atomic mass is 35.5. The first-order chi connectivity index (χ1) is 14.0. The van der Waals surface area contributed by atoms with Crippen molar-refractivity contribution in [3.8, 4) is 0 Å². The number of amides is 2. The zero-order chi connectivity index (χ0) is 20.1. The van der Waals surface area contributed by atoms with Gasteiger partial charge in [0.25, 0.3) is 11.8 Å². The third kappa shape index (κ3) is 2.93. The Labute approximate surface area is 172 Å². The van der Waals surface area contributed by atoms with Crippen molar-refractivity contribution in [3.05, 3.63) is 69.9 Å². The van der Waals surface area contributed by atoms with Gasteiger partial charge in [0.2, 0.25) is 0 Å². The number of aryl methyl sites for hydroxylation is 1. The van der Waals surface area contributed by atoms with Crippen LogP contribution >= 0.6 is 11.6 Å². The van der Waals surface area contributed by atoms with Crippen LogP contribution in [0.4, 0.5) is 5.69 Å². The summed E-state index contributed by atoms with van der Waals surface area (Å²) in [5.74, 6) is 0.219. The number of nitrogens with one attached hydrogen (secondary N) is 1.